The highest BCUT2D eigenvalue weighted by molar-refractivity contribution is 6.31. The van der Waals surface area contributed by atoms with Gasteiger partial charge in [-0.25, -0.2) is 0 Å². The first-order chi connectivity index (χ1) is 12.5. The van der Waals surface area contributed by atoms with Gasteiger partial charge in [-0.2, -0.15) is 5.26 Å². The third kappa shape index (κ3) is 5.33. The van der Waals surface area contributed by atoms with E-state index in [2.05, 4.69) is 10.3 Å². The van der Waals surface area contributed by atoms with Crippen molar-refractivity contribution < 1.29 is 4.79 Å². The summed E-state index contributed by atoms with van der Waals surface area (Å²) in [4.78, 5) is 18.4. The van der Waals surface area contributed by atoms with Gasteiger partial charge in [-0.1, -0.05) is 17.7 Å². The maximum atomic E-state index is 12.5. The van der Waals surface area contributed by atoms with Crippen LogP contribution in [0.2, 0.25) is 5.02 Å². The minimum Gasteiger partial charge on any atom is -0.376 e. The van der Waals surface area contributed by atoms with E-state index < -0.39 is 5.91 Å². The maximum Gasteiger partial charge on any atom is 0.267 e. The Morgan fingerprint density at radius 1 is 1.35 bits per heavy atom. The van der Waals surface area contributed by atoms with E-state index in [0.29, 0.717) is 23.8 Å². The van der Waals surface area contributed by atoms with Crippen LogP contribution < -0.4 is 5.32 Å². The minimum atomic E-state index is -0.444. The second kappa shape index (κ2) is 9.59. The molecule has 0 bridgehead atoms. The molecule has 1 aromatic carbocycles. The predicted octanol–water partition coefficient (Wildman–Crippen LogP) is 3.95. The third-order valence-electron chi connectivity index (χ3n) is 4.04. The summed E-state index contributed by atoms with van der Waals surface area (Å²) in [5.41, 5.74) is 2.58. The number of pyridine rings is 1. The number of carbonyl (C=O) groups is 1. The number of anilines is 1. The summed E-state index contributed by atoms with van der Waals surface area (Å²) in [6.45, 7) is 5.20. The molecule has 26 heavy (non-hydrogen) atoms. The predicted molar refractivity (Wildman–Crippen MR) is 104 cm³/mol. The Morgan fingerprint density at radius 2 is 2.08 bits per heavy atom. The summed E-state index contributed by atoms with van der Waals surface area (Å²) in [6.07, 6.45) is 5.92. The van der Waals surface area contributed by atoms with E-state index in [1.165, 1.54) is 0 Å². The lowest BCUT2D eigenvalue weighted by Gasteiger charge is -2.19. The van der Waals surface area contributed by atoms with E-state index in [9.17, 15) is 10.1 Å². The first-order valence-electron chi connectivity index (χ1n) is 8.36. The molecular formula is C20H21ClN4O. The molecule has 5 nitrogen and oxygen atoms in total. The Bertz CT molecular complexity index is 827. The van der Waals surface area contributed by atoms with Crippen LogP contribution in [0.5, 0.6) is 0 Å². The van der Waals surface area contributed by atoms with Crippen LogP contribution in [-0.4, -0.2) is 28.9 Å². The lowest BCUT2D eigenvalue weighted by atomic mass is 10.1. The van der Waals surface area contributed by atoms with Crippen LogP contribution in [0, 0.1) is 18.3 Å². The minimum absolute atomic E-state index is 0.0564. The van der Waals surface area contributed by atoms with Crippen molar-refractivity contribution in [3.63, 3.8) is 0 Å². The zero-order valence-corrected chi connectivity index (χ0v) is 15.6. The number of benzene rings is 1. The summed E-state index contributed by atoms with van der Waals surface area (Å²) in [5.74, 6) is -0.444. The monoisotopic (exact) mass is 368 g/mol. The fourth-order valence-corrected chi connectivity index (χ4v) is 2.56. The van der Waals surface area contributed by atoms with E-state index in [-0.39, 0.29) is 5.57 Å². The zero-order valence-electron chi connectivity index (χ0n) is 14.9. The van der Waals surface area contributed by atoms with Crippen molar-refractivity contribution in [2.75, 3.05) is 18.4 Å². The van der Waals surface area contributed by atoms with Crippen LogP contribution in [0.3, 0.4) is 0 Å². The van der Waals surface area contributed by atoms with Crippen molar-refractivity contribution in [2.24, 2.45) is 0 Å². The van der Waals surface area contributed by atoms with Gasteiger partial charge >= 0.3 is 0 Å². The number of hydrogen-bond donors (Lipinski definition) is 1. The number of nitrogens with one attached hydrogen (secondary N) is 1. The molecule has 134 valence electrons. The Morgan fingerprint density at radius 3 is 2.73 bits per heavy atom. The molecule has 1 amide bonds. The largest absolute Gasteiger partial charge is 0.376 e. The van der Waals surface area contributed by atoms with Gasteiger partial charge in [0.1, 0.15) is 11.6 Å². The van der Waals surface area contributed by atoms with Gasteiger partial charge in [0.2, 0.25) is 0 Å². The van der Waals surface area contributed by atoms with Gasteiger partial charge < -0.3 is 10.2 Å². The van der Waals surface area contributed by atoms with Crippen molar-refractivity contribution in [1.29, 1.82) is 5.26 Å². The zero-order chi connectivity index (χ0) is 18.9. The van der Waals surface area contributed by atoms with E-state index in [1.807, 2.05) is 36.9 Å². The van der Waals surface area contributed by atoms with Gasteiger partial charge in [0.25, 0.3) is 5.91 Å². The number of likely N-dealkylation sites (N-methyl/N-ethyl adjacent to an activating group) is 1. The molecule has 2 rings (SSSR count). The summed E-state index contributed by atoms with van der Waals surface area (Å²) in [5, 5.41) is 12.7. The Labute approximate surface area is 158 Å². The number of carbonyl (C=O) groups excluding carboxylic acids is 1. The van der Waals surface area contributed by atoms with Crippen molar-refractivity contribution >= 4 is 23.2 Å². The van der Waals surface area contributed by atoms with Gasteiger partial charge in [-0.3, -0.25) is 9.78 Å². The Kier molecular flexibility index (Phi) is 7.19. The van der Waals surface area contributed by atoms with Gasteiger partial charge in [0, 0.05) is 42.4 Å². The highest BCUT2D eigenvalue weighted by Gasteiger charge is 2.13. The van der Waals surface area contributed by atoms with Crippen LogP contribution in [0.4, 0.5) is 5.69 Å². The molecule has 1 aromatic heterocycles. The molecule has 1 N–H and O–H groups in total. The molecule has 6 heteroatoms. The normalized spacial score (nSPS) is 10.9. The highest BCUT2D eigenvalue weighted by Crippen LogP contribution is 2.23. The van der Waals surface area contributed by atoms with Crippen molar-refractivity contribution in [1.82, 2.24) is 9.88 Å². The van der Waals surface area contributed by atoms with E-state index in [0.717, 1.165) is 17.5 Å². The molecular weight excluding hydrogens is 348 g/mol. The van der Waals surface area contributed by atoms with Crippen molar-refractivity contribution in [3.8, 4) is 6.07 Å². The van der Waals surface area contributed by atoms with Crippen molar-refractivity contribution in [2.45, 2.75) is 20.3 Å². The quantitative estimate of drug-likeness (QED) is 0.593. The first-order valence-corrected chi connectivity index (χ1v) is 8.74. The summed E-state index contributed by atoms with van der Waals surface area (Å²) >= 11 is 6.07. The van der Waals surface area contributed by atoms with Crippen molar-refractivity contribution in [3.05, 3.63) is 70.6 Å². The molecule has 0 fully saturated rings. The lowest BCUT2D eigenvalue weighted by molar-refractivity contribution is -0.112. The fourth-order valence-electron chi connectivity index (χ4n) is 2.39. The Balaban J connectivity index is 2.07. The number of halogens is 1. The number of nitriles is 1. The molecule has 0 aliphatic heterocycles. The molecule has 0 saturated carbocycles. The molecule has 0 saturated heterocycles. The van der Waals surface area contributed by atoms with Crippen LogP contribution >= 0.6 is 11.6 Å². The SMILES string of the molecule is CCN(/C=C(/C#N)C(=O)Nc1cccc(Cl)c1C)CCc1ccncc1. The molecule has 0 spiro atoms. The first kappa shape index (κ1) is 19.5. The average Bonchev–Trinajstić information content (AvgIpc) is 2.66. The van der Waals surface area contributed by atoms with E-state index >= 15 is 0 Å². The summed E-state index contributed by atoms with van der Waals surface area (Å²) in [7, 11) is 0. The number of aromatic nitrogens is 1. The summed E-state index contributed by atoms with van der Waals surface area (Å²) in [6, 6.07) is 11.2. The lowest BCUT2D eigenvalue weighted by Crippen LogP contribution is -2.23. The molecule has 0 unspecified atom stereocenters. The molecule has 0 radical (unpaired) electrons. The highest BCUT2D eigenvalue weighted by atomic mass is 35.5. The smallest absolute Gasteiger partial charge is 0.267 e. The average molecular weight is 369 g/mol. The third-order valence-corrected chi connectivity index (χ3v) is 4.45. The van der Waals surface area contributed by atoms with Crippen LogP contribution in [0.1, 0.15) is 18.1 Å². The Hall–Kier alpha value is -2.84. The number of hydrogen-bond acceptors (Lipinski definition) is 4. The maximum absolute atomic E-state index is 12.5. The topological polar surface area (TPSA) is 69.0 Å². The molecule has 0 aliphatic rings. The van der Waals surface area contributed by atoms with Gasteiger partial charge in [0.15, 0.2) is 0 Å². The second-order valence-corrected chi connectivity index (χ2v) is 6.16. The van der Waals surface area contributed by atoms with Gasteiger partial charge in [0.05, 0.1) is 0 Å². The molecule has 1 heterocycles. The van der Waals surface area contributed by atoms with E-state index in [1.54, 1.807) is 36.8 Å². The number of rotatable bonds is 7. The summed E-state index contributed by atoms with van der Waals surface area (Å²) < 4.78 is 0. The van der Waals surface area contributed by atoms with Gasteiger partial charge in [-0.05, 0) is 55.7 Å². The van der Waals surface area contributed by atoms with Crippen LogP contribution in [-0.2, 0) is 11.2 Å². The molecule has 0 aliphatic carbocycles. The number of nitrogens with zero attached hydrogens (tertiary/aromatic N) is 3. The standard InChI is InChI=1S/C20H21ClN4O/c1-3-25(12-9-16-7-10-23-11-8-16)14-17(13-22)20(26)24-19-6-4-5-18(21)15(19)2/h4-8,10-11,14H,3,9,12H2,1-2H3,(H,24,26)/b17-14-. The van der Waals surface area contributed by atoms with E-state index in [4.69, 9.17) is 11.6 Å². The van der Waals surface area contributed by atoms with Gasteiger partial charge in [-0.15, -0.1) is 0 Å². The fraction of sp³-hybridized carbons (Fsp3) is 0.250. The van der Waals surface area contributed by atoms with Crippen LogP contribution in [0.25, 0.3) is 0 Å². The van der Waals surface area contributed by atoms with Crippen LogP contribution in [0.15, 0.2) is 54.5 Å². The number of amides is 1. The second-order valence-electron chi connectivity index (χ2n) is 5.76. The molecule has 0 atom stereocenters. The molecule has 2 aromatic rings.